The van der Waals surface area contributed by atoms with Crippen LogP contribution in [0.15, 0.2) is 47.5 Å². The third kappa shape index (κ3) is 5.14. The number of rotatable bonds is 5. The van der Waals surface area contributed by atoms with Gasteiger partial charge in [0.1, 0.15) is 11.6 Å². The molecule has 6 heteroatoms. The first-order valence-corrected chi connectivity index (χ1v) is 7.51. The van der Waals surface area contributed by atoms with Crippen LogP contribution in [0.4, 0.5) is 4.39 Å². The van der Waals surface area contributed by atoms with Crippen LogP contribution in [0.25, 0.3) is 0 Å². The van der Waals surface area contributed by atoms with Gasteiger partial charge in [0.2, 0.25) is 0 Å². The lowest BCUT2D eigenvalue weighted by Gasteiger charge is -2.14. The number of halogens is 2. The number of hydrogen-bond donors (Lipinski definition) is 2. The molecule has 0 fully saturated rings. The summed E-state index contributed by atoms with van der Waals surface area (Å²) in [5.41, 5.74) is 1.94. The van der Waals surface area contributed by atoms with E-state index in [4.69, 9.17) is 16.3 Å². The van der Waals surface area contributed by atoms with Gasteiger partial charge in [-0.15, -0.1) is 0 Å². The predicted molar refractivity (Wildman–Crippen MR) is 91.4 cm³/mol. The molecule has 122 valence electrons. The van der Waals surface area contributed by atoms with Gasteiger partial charge in [0.15, 0.2) is 5.96 Å². The molecule has 0 aliphatic heterocycles. The van der Waals surface area contributed by atoms with E-state index in [0.29, 0.717) is 24.1 Å². The molecule has 0 spiro atoms. The van der Waals surface area contributed by atoms with Crippen molar-refractivity contribution in [1.29, 1.82) is 0 Å². The van der Waals surface area contributed by atoms with Gasteiger partial charge in [-0.1, -0.05) is 29.8 Å². The van der Waals surface area contributed by atoms with Gasteiger partial charge in [-0.2, -0.15) is 0 Å². The number of guanidine groups is 1. The predicted octanol–water partition coefficient (Wildman–Crippen LogP) is 3.35. The Kier molecular flexibility index (Phi) is 6.23. The summed E-state index contributed by atoms with van der Waals surface area (Å²) in [7, 11) is 3.30. The van der Waals surface area contributed by atoms with Crippen molar-refractivity contribution in [1.82, 2.24) is 10.6 Å². The van der Waals surface area contributed by atoms with Crippen molar-refractivity contribution in [3.05, 3.63) is 64.4 Å². The first-order chi connectivity index (χ1) is 11.1. The van der Waals surface area contributed by atoms with Crippen molar-refractivity contribution < 1.29 is 9.13 Å². The van der Waals surface area contributed by atoms with Gasteiger partial charge in [0, 0.05) is 30.7 Å². The molecule has 0 aliphatic carbocycles. The molecule has 0 bridgehead atoms. The maximum Gasteiger partial charge on any atom is 0.191 e. The third-order valence-electron chi connectivity index (χ3n) is 3.29. The second-order valence-corrected chi connectivity index (χ2v) is 5.30. The van der Waals surface area contributed by atoms with E-state index in [0.717, 1.165) is 16.9 Å². The number of methoxy groups -OCH3 is 1. The van der Waals surface area contributed by atoms with Gasteiger partial charge in [-0.25, -0.2) is 4.39 Å². The number of nitrogens with zero attached hydrogens (tertiary/aromatic N) is 1. The molecule has 0 radical (unpaired) electrons. The van der Waals surface area contributed by atoms with Gasteiger partial charge in [0.25, 0.3) is 0 Å². The quantitative estimate of drug-likeness (QED) is 0.650. The Balaban J connectivity index is 1.91. The number of ether oxygens (including phenoxy) is 1. The van der Waals surface area contributed by atoms with Crippen molar-refractivity contribution in [2.45, 2.75) is 13.1 Å². The summed E-state index contributed by atoms with van der Waals surface area (Å²) >= 11 is 5.95. The van der Waals surface area contributed by atoms with E-state index in [1.54, 1.807) is 32.4 Å². The lowest BCUT2D eigenvalue weighted by molar-refractivity contribution is 0.409. The Morgan fingerprint density at radius 2 is 1.83 bits per heavy atom. The van der Waals surface area contributed by atoms with Crippen LogP contribution in [0.1, 0.15) is 11.1 Å². The Morgan fingerprint density at radius 1 is 1.13 bits per heavy atom. The zero-order chi connectivity index (χ0) is 16.7. The van der Waals surface area contributed by atoms with E-state index < -0.39 is 0 Å². The lowest BCUT2D eigenvalue weighted by atomic mass is 10.2. The molecule has 0 aliphatic rings. The normalized spacial score (nSPS) is 11.2. The third-order valence-corrected chi connectivity index (χ3v) is 3.53. The van der Waals surface area contributed by atoms with E-state index in [1.807, 2.05) is 12.1 Å². The highest BCUT2D eigenvalue weighted by Gasteiger charge is 2.05. The molecule has 2 aromatic carbocycles. The van der Waals surface area contributed by atoms with Gasteiger partial charge >= 0.3 is 0 Å². The van der Waals surface area contributed by atoms with Crippen molar-refractivity contribution in [2.24, 2.45) is 4.99 Å². The van der Waals surface area contributed by atoms with Crippen LogP contribution < -0.4 is 15.4 Å². The molecular formula is C17H19ClFN3O. The molecule has 0 unspecified atom stereocenters. The summed E-state index contributed by atoms with van der Waals surface area (Å²) in [6.45, 7) is 1.10. The monoisotopic (exact) mass is 335 g/mol. The summed E-state index contributed by atoms with van der Waals surface area (Å²) in [5.74, 6) is 1.12. The average Bonchev–Trinajstić information content (AvgIpc) is 2.57. The molecule has 0 aromatic heterocycles. The zero-order valence-corrected chi connectivity index (χ0v) is 13.8. The first-order valence-electron chi connectivity index (χ1n) is 7.13. The highest BCUT2D eigenvalue weighted by atomic mass is 35.5. The van der Waals surface area contributed by atoms with Gasteiger partial charge in [-0.05, 0) is 29.8 Å². The zero-order valence-electron chi connectivity index (χ0n) is 13.1. The van der Waals surface area contributed by atoms with Crippen molar-refractivity contribution in [2.75, 3.05) is 14.2 Å². The minimum Gasteiger partial charge on any atom is -0.496 e. The average molecular weight is 336 g/mol. The number of hydrogen-bond acceptors (Lipinski definition) is 2. The van der Waals surface area contributed by atoms with Crippen LogP contribution in [0, 0.1) is 5.82 Å². The van der Waals surface area contributed by atoms with E-state index in [9.17, 15) is 4.39 Å². The van der Waals surface area contributed by atoms with Crippen LogP contribution in [0.5, 0.6) is 5.75 Å². The van der Waals surface area contributed by atoms with Gasteiger partial charge < -0.3 is 15.4 Å². The maximum absolute atomic E-state index is 12.9. The second kappa shape index (κ2) is 8.39. The minimum atomic E-state index is -0.244. The smallest absolute Gasteiger partial charge is 0.191 e. The Labute approximate surface area is 140 Å². The fourth-order valence-electron chi connectivity index (χ4n) is 2.05. The number of nitrogens with one attached hydrogen (secondary N) is 2. The van der Waals surface area contributed by atoms with Crippen molar-refractivity contribution in [3.8, 4) is 5.75 Å². The largest absolute Gasteiger partial charge is 0.496 e. The molecule has 23 heavy (non-hydrogen) atoms. The topological polar surface area (TPSA) is 45.7 Å². The summed E-state index contributed by atoms with van der Waals surface area (Å²) in [4.78, 5) is 4.16. The summed E-state index contributed by atoms with van der Waals surface area (Å²) in [6, 6.07) is 11.8. The lowest BCUT2D eigenvalue weighted by Crippen LogP contribution is -2.36. The Morgan fingerprint density at radius 3 is 2.48 bits per heavy atom. The minimum absolute atomic E-state index is 0.244. The van der Waals surface area contributed by atoms with E-state index in [2.05, 4.69) is 15.6 Å². The van der Waals surface area contributed by atoms with Crippen molar-refractivity contribution >= 4 is 17.6 Å². The van der Waals surface area contributed by atoms with Crippen LogP contribution in [-0.4, -0.2) is 20.1 Å². The summed E-state index contributed by atoms with van der Waals surface area (Å²) < 4.78 is 18.2. The molecular weight excluding hydrogens is 317 g/mol. The van der Waals surface area contributed by atoms with Gasteiger partial charge in [-0.3, -0.25) is 4.99 Å². The Hall–Kier alpha value is -2.27. The summed E-state index contributed by atoms with van der Waals surface area (Å²) in [6.07, 6.45) is 0. The molecule has 0 amide bonds. The Bertz CT molecular complexity index is 674. The molecule has 2 aromatic rings. The van der Waals surface area contributed by atoms with Crippen LogP contribution in [-0.2, 0) is 13.1 Å². The molecule has 0 saturated heterocycles. The van der Waals surface area contributed by atoms with Crippen molar-refractivity contribution in [3.63, 3.8) is 0 Å². The van der Waals surface area contributed by atoms with Crippen LogP contribution >= 0.6 is 11.6 Å². The fourth-order valence-corrected chi connectivity index (χ4v) is 2.21. The first kappa shape index (κ1) is 17.1. The number of aliphatic imine (C=N–C) groups is 1. The highest BCUT2D eigenvalue weighted by molar-refractivity contribution is 6.30. The molecule has 2 rings (SSSR count). The highest BCUT2D eigenvalue weighted by Crippen LogP contribution is 2.22. The molecule has 2 N–H and O–H groups in total. The van der Waals surface area contributed by atoms with Crippen LogP contribution in [0.3, 0.4) is 0 Å². The molecule has 0 saturated carbocycles. The molecule has 0 atom stereocenters. The van der Waals surface area contributed by atoms with E-state index >= 15 is 0 Å². The van der Waals surface area contributed by atoms with E-state index in [1.165, 1.54) is 12.1 Å². The fraction of sp³-hybridized carbons (Fsp3) is 0.235. The van der Waals surface area contributed by atoms with E-state index in [-0.39, 0.29) is 5.82 Å². The standard InChI is InChI=1S/C17H19ClFN3O/c1-20-17(21-10-12-3-7-15(19)8-4-12)22-11-13-5-6-14(18)9-16(13)23-2/h3-9H,10-11H2,1-2H3,(H2,20,21,22). The van der Waals surface area contributed by atoms with Gasteiger partial charge in [0.05, 0.1) is 7.11 Å². The number of benzene rings is 2. The summed E-state index contributed by atoms with van der Waals surface area (Å²) in [5, 5.41) is 7.01. The maximum atomic E-state index is 12.9. The second-order valence-electron chi connectivity index (χ2n) is 4.86. The SMILES string of the molecule is CN=C(NCc1ccc(F)cc1)NCc1ccc(Cl)cc1OC. The molecule has 0 heterocycles. The molecule has 4 nitrogen and oxygen atoms in total. The van der Waals surface area contributed by atoms with Crippen LogP contribution in [0.2, 0.25) is 5.02 Å².